The summed E-state index contributed by atoms with van der Waals surface area (Å²) in [6.07, 6.45) is 1.70. The first-order valence-electron chi connectivity index (χ1n) is 4.12. The number of hydrogen-bond donors (Lipinski definition) is 1. The van der Waals surface area contributed by atoms with Crippen molar-refractivity contribution in [1.82, 2.24) is 4.98 Å². The van der Waals surface area contributed by atoms with E-state index in [2.05, 4.69) is 16.8 Å². The molecule has 0 radical (unpaired) electrons. The number of aromatic nitrogens is 1. The van der Waals surface area contributed by atoms with Gasteiger partial charge in [-0.05, 0) is 19.1 Å². The summed E-state index contributed by atoms with van der Waals surface area (Å²) >= 11 is 4.91. The van der Waals surface area contributed by atoms with Gasteiger partial charge in [-0.1, -0.05) is 12.2 Å². The van der Waals surface area contributed by atoms with E-state index in [0.29, 0.717) is 10.7 Å². The van der Waals surface area contributed by atoms with Gasteiger partial charge in [0.2, 0.25) is 0 Å². The second-order valence-electron chi connectivity index (χ2n) is 2.75. The third kappa shape index (κ3) is 2.15. The molecule has 1 rings (SSSR count). The highest BCUT2D eigenvalue weighted by Crippen LogP contribution is 2.15. The Hall–Kier alpha value is -1.16. The van der Waals surface area contributed by atoms with E-state index in [-0.39, 0.29) is 0 Å². The summed E-state index contributed by atoms with van der Waals surface area (Å²) in [7, 11) is 1.98. The first kappa shape index (κ1) is 9.92. The molecule has 1 aromatic heterocycles. The normalized spacial score (nSPS) is 9.69. The van der Waals surface area contributed by atoms with Crippen molar-refractivity contribution in [2.45, 2.75) is 6.92 Å². The van der Waals surface area contributed by atoms with Crippen LogP contribution in [0.1, 0.15) is 12.6 Å². The second-order valence-corrected chi connectivity index (χ2v) is 3.19. The molecule has 3 nitrogen and oxygen atoms in total. The molecule has 1 heterocycles. The van der Waals surface area contributed by atoms with E-state index in [1.165, 1.54) is 0 Å². The topological polar surface area (TPSA) is 42.2 Å². The van der Waals surface area contributed by atoms with E-state index in [0.717, 1.165) is 12.2 Å². The summed E-state index contributed by atoms with van der Waals surface area (Å²) in [6, 6.07) is 3.84. The van der Waals surface area contributed by atoms with Gasteiger partial charge in [-0.3, -0.25) is 4.98 Å². The molecular weight excluding hydrogens is 182 g/mol. The fraction of sp³-hybridized carbons (Fsp3) is 0.333. The lowest BCUT2D eigenvalue weighted by atomic mass is 10.2. The molecule has 0 saturated carbocycles. The van der Waals surface area contributed by atoms with Crippen LogP contribution in [-0.4, -0.2) is 23.6 Å². The van der Waals surface area contributed by atoms with Crippen LogP contribution in [0.3, 0.4) is 0 Å². The number of nitrogens with two attached hydrogens (primary N) is 1. The third-order valence-electron chi connectivity index (χ3n) is 1.91. The highest BCUT2D eigenvalue weighted by atomic mass is 32.1. The lowest BCUT2D eigenvalue weighted by molar-refractivity contribution is 0.959. The molecule has 0 unspecified atom stereocenters. The monoisotopic (exact) mass is 195 g/mol. The Morgan fingerprint density at radius 3 is 2.92 bits per heavy atom. The zero-order valence-electron chi connectivity index (χ0n) is 7.82. The maximum Gasteiger partial charge on any atom is 0.124 e. The minimum atomic E-state index is 0.343. The fourth-order valence-corrected chi connectivity index (χ4v) is 1.22. The Labute approximate surface area is 83.6 Å². The molecule has 0 aromatic carbocycles. The molecule has 70 valence electrons. The highest BCUT2D eigenvalue weighted by molar-refractivity contribution is 7.80. The van der Waals surface area contributed by atoms with E-state index in [4.69, 9.17) is 18.0 Å². The van der Waals surface area contributed by atoms with Gasteiger partial charge in [-0.2, -0.15) is 0 Å². The second kappa shape index (κ2) is 4.18. The maximum atomic E-state index is 5.55. The zero-order chi connectivity index (χ0) is 9.84. The van der Waals surface area contributed by atoms with E-state index in [9.17, 15) is 0 Å². The lowest BCUT2D eigenvalue weighted by Gasteiger charge is -2.18. The molecule has 0 aliphatic carbocycles. The van der Waals surface area contributed by atoms with Crippen LogP contribution in [0.5, 0.6) is 0 Å². The van der Waals surface area contributed by atoms with Gasteiger partial charge in [0.15, 0.2) is 0 Å². The predicted molar refractivity (Wildman–Crippen MR) is 59.1 cm³/mol. The van der Waals surface area contributed by atoms with Crippen LogP contribution < -0.4 is 10.6 Å². The van der Waals surface area contributed by atoms with E-state index in [1.807, 2.05) is 19.2 Å². The van der Waals surface area contributed by atoms with Crippen molar-refractivity contribution in [3.05, 3.63) is 24.0 Å². The van der Waals surface area contributed by atoms with Gasteiger partial charge < -0.3 is 10.6 Å². The molecule has 0 fully saturated rings. The van der Waals surface area contributed by atoms with E-state index < -0.39 is 0 Å². The summed E-state index contributed by atoms with van der Waals surface area (Å²) in [5, 5.41) is 0. The average Bonchev–Trinajstić information content (AvgIpc) is 2.16. The molecule has 0 spiro atoms. The van der Waals surface area contributed by atoms with Crippen LogP contribution >= 0.6 is 12.2 Å². The number of rotatable bonds is 3. The standard InChI is InChI=1S/C9H13N3S/c1-3-12(2)7-5-4-6-11-8(7)9(10)13/h4-6H,3H2,1-2H3,(H2,10,13). The Morgan fingerprint density at radius 2 is 2.38 bits per heavy atom. The van der Waals surface area contributed by atoms with Crippen LogP contribution in [0.15, 0.2) is 18.3 Å². The van der Waals surface area contributed by atoms with Gasteiger partial charge in [-0.25, -0.2) is 0 Å². The summed E-state index contributed by atoms with van der Waals surface area (Å²) < 4.78 is 0. The van der Waals surface area contributed by atoms with Crippen LogP contribution in [-0.2, 0) is 0 Å². The molecule has 13 heavy (non-hydrogen) atoms. The van der Waals surface area contributed by atoms with Crippen molar-refractivity contribution in [3.63, 3.8) is 0 Å². The van der Waals surface area contributed by atoms with E-state index >= 15 is 0 Å². The molecule has 0 atom stereocenters. The molecule has 0 aliphatic rings. The quantitative estimate of drug-likeness (QED) is 0.735. The Kier molecular flexibility index (Phi) is 3.19. The average molecular weight is 195 g/mol. The van der Waals surface area contributed by atoms with Crippen molar-refractivity contribution in [3.8, 4) is 0 Å². The van der Waals surface area contributed by atoms with Gasteiger partial charge >= 0.3 is 0 Å². The van der Waals surface area contributed by atoms with Crippen molar-refractivity contribution in [2.24, 2.45) is 5.73 Å². The summed E-state index contributed by atoms with van der Waals surface area (Å²) in [5.74, 6) is 0. The van der Waals surface area contributed by atoms with Gasteiger partial charge in [0, 0.05) is 19.8 Å². The number of nitrogens with zero attached hydrogens (tertiary/aromatic N) is 2. The number of anilines is 1. The van der Waals surface area contributed by atoms with Gasteiger partial charge in [0.05, 0.1) is 5.69 Å². The number of pyridine rings is 1. The van der Waals surface area contributed by atoms with Gasteiger partial charge in [0.1, 0.15) is 10.7 Å². The van der Waals surface area contributed by atoms with Crippen molar-refractivity contribution >= 4 is 22.9 Å². The number of thiocarbonyl (C=S) groups is 1. The lowest BCUT2D eigenvalue weighted by Crippen LogP contribution is -2.22. The number of hydrogen-bond acceptors (Lipinski definition) is 3. The summed E-state index contributed by atoms with van der Waals surface area (Å²) in [4.78, 5) is 6.54. The van der Waals surface area contributed by atoms with Gasteiger partial charge in [0.25, 0.3) is 0 Å². The van der Waals surface area contributed by atoms with Crippen molar-refractivity contribution in [2.75, 3.05) is 18.5 Å². The first-order valence-corrected chi connectivity index (χ1v) is 4.53. The van der Waals surface area contributed by atoms with Crippen molar-refractivity contribution < 1.29 is 0 Å². The molecule has 0 bridgehead atoms. The molecule has 2 N–H and O–H groups in total. The molecule has 0 aliphatic heterocycles. The predicted octanol–water partition coefficient (Wildman–Crippen LogP) is 1.17. The SMILES string of the molecule is CCN(C)c1cccnc1C(N)=S. The van der Waals surface area contributed by atoms with Crippen LogP contribution in [0.25, 0.3) is 0 Å². The Balaban J connectivity index is 3.11. The summed E-state index contributed by atoms with van der Waals surface area (Å²) in [5.41, 5.74) is 7.23. The molecule has 0 saturated heterocycles. The molecule has 1 aromatic rings. The largest absolute Gasteiger partial charge is 0.388 e. The third-order valence-corrected chi connectivity index (χ3v) is 2.10. The Morgan fingerprint density at radius 1 is 1.69 bits per heavy atom. The maximum absolute atomic E-state index is 5.55. The van der Waals surface area contributed by atoms with Crippen LogP contribution in [0.2, 0.25) is 0 Å². The van der Waals surface area contributed by atoms with E-state index in [1.54, 1.807) is 6.20 Å². The molecule has 4 heteroatoms. The fourth-order valence-electron chi connectivity index (χ4n) is 1.07. The molecular formula is C9H13N3S. The Bertz CT molecular complexity index is 311. The highest BCUT2D eigenvalue weighted by Gasteiger charge is 2.08. The van der Waals surface area contributed by atoms with Crippen LogP contribution in [0.4, 0.5) is 5.69 Å². The smallest absolute Gasteiger partial charge is 0.124 e. The zero-order valence-corrected chi connectivity index (χ0v) is 8.64. The minimum Gasteiger partial charge on any atom is -0.388 e. The minimum absolute atomic E-state index is 0.343. The molecule has 0 amide bonds. The van der Waals surface area contributed by atoms with Crippen LogP contribution in [0, 0.1) is 0 Å². The summed E-state index contributed by atoms with van der Waals surface area (Å²) in [6.45, 7) is 2.97. The van der Waals surface area contributed by atoms with Crippen molar-refractivity contribution in [1.29, 1.82) is 0 Å². The first-order chi connectivity index (χ1) is 6.16. The van der Waals surface area contributed by atoms with Gasteiger partial charge in [-0.15, -0.1) is 0 Å².